The predicted molar refractivity (Wildman–Crippen MR) is 86.1 cm³/mol. The molecule has 0 aromatic heterocycles. The van der Waals surface area contributed by atoms with Crippen LogP contribution < -0.4 is 4.90 Å². The lowest BCUT2D eigenvalue weighted by molar-refractivity contribution is 1.03. The number of benzene rings is 1. The second-order valence-electron chi connectivity index (χ2n) is 4.50. The molecule has 0 saturated carbocycles. The molecule has 0 fully saturated rings. The van der Waals surface area contributed by atoms with Gasteiger partial charge >= 0.3 is 0 Å². The molecule has 0 spiro atoms. The van der Waals surface area contributed by atoms with Crippen LogP contribution >= 0.6 is 12.6 Å². The molecule has 1 aliphatic heterocycles. The fraction of sp³-hybridized carbons (Fsp3) is 0.176. The van der Waals surface area contributed by atoms with Crippen molar-refractivity contribution in [3.63, 3.8) is 0 Å². The number of hydrogen-bond donors (Lipinski definition) is 1. The fourth-order valence-corrected chi connectivity index (χ4v) is 2.27. The number of para-hydroxylation sites is 1. The Labute approximate surface area is 120 Å². The number of anilines is 1. The lowest BCUT2D eigenvalue weighted by Crippen LogP contribution is -2.16. The van der Waals surface area contributed by atoms with Gasteiger partial charge in [0.15, 0.2) is 0 Å². The van der Waals surface area contributed by atoms with Gasteiger partial charge in [-0.25, -0.2) is 0 Å². The molecule has 1 aromatic carbocycles. The highest BCUT2D eigenvalue weighted by molar-refractivity contribution is 7.84. The maximum atomic E-state index is 5.58. The minimum atomic E-state index is -0.0719. The molecule has 2 heteroatoms. The summed E-state index contributed by atoms with van der Waals surface area (Å²) in [5, 5.41) is 0. The van der Waals surface area contributed by atoms with E-state index >= 15 is 0 Å². The number of terminal acetylenes is 1. The number of hydrogen-bond acceptors (Lipinski definition) is 2. The van der Waals surface area contributed by atoms with Crippen molar-refractivity contribution in [1.82, 2.24) is 0 Å². The highest BCUT2D eigenvalue weighted by Crippen LogP contribution is 2.23. The van der Waals surface area contributed by atoms with Gasteiger partial charge in [0.25, 0.3) is 0 Å². The second-order valence-corrected chi connectivity index (χ2v) is 5.02. The van der Waals surface area contributed by atoms with E-state index < -0.39 is 0 Å². The third-order valence-electron chi connectivity index (χ3n) is 2.99. The first-order valence-electron chi connectivity index (χ1n) is 6.24. The van der Waals surface area contributed by atoms with Gasteiger partial charge < -0.3 is 4.90 Å². The first-order valence-corrected chi connectivity index (χ1v) is 6.69. The van der Waals surface area contributed by atoms with Gasteiger partial charge in [0.1, 0.15) is 0 Å². The number of nitrogens with zero attached hydrogens (tertiary/aromatic N) is 1. The van der Waals surface area contributed by atoms with Crippen LogP contribution in [-0.4, -0.2) is 6.54 Å². The van der Waals surface area contributed by atoms with Crippen molar-refractivity contribution in [1.29, 1.82) is 0 Å². The Morgan fingerprint density at radius 2 is 2.05 bits per heavy atom. The number of thiol groups is 1. The molecule has 0 amide bonds. The predicted octanol–water partition coefficient (Wildman–Crippen LogP) is 4.03. The van der Waals surface area contributed by atoms with Gasteiger partial charge in [-0.05, 0) is 19.1 Å². The average molecular weight is 267 g/mol. The minimum Gasteiger partial charge on any atom is -0.343 e. The van der Waals surface area contributed by atoms with Gasteiger partial charge in [-0.1, -0.05) is 47.9 Å². The van der Waals surface area contributed by atoms with Crippen molar-refractivity contribution in [2.45, 2.75) is 6.92 Å². The maximum Gasteiger partial charge on any atom is 0.0706 e. The van der Waals surface area contributed by atoms with Crippen LogP contribution in [0.1, 0.15) is 6.92 Å². The molecule has 1 atom stereocenters. The topological polar surface area (TPSA) is 3.24 Å². The Morgan fingerprint density at radius 3 is 2.74 bits per heavy atom. The van der Waals surface area contributed by atoms with E-state index in [4.69, 9.17) is 6.42 Å². The van der Waals surface area contributed by atoms with Crippen LogP contribution in [-0.2, 0) is 0 Å². The Morgan fingerprint density at radius 1 is 1.32 bits per heavy atom. The number of rotatable bonds is 1. The molecule has 0 bridgehead atoms. The van der Waals surface area contributed by atoms with Gasteiger partial charge in [0, 0.05) is 23.3 Å². The summed E-state index contributed by atoms with van der Waals surface area (Å²) in [6, 6.07) is 10.2. The smallest absolute Gasteiger partial charge is 0.0706 e. The summed E-state index contributed by atoms with van der Waals surface area (Å²) in [6.07, 6.45) is 13.9. The van der Waals surface area contributed by atoms with Crippen molar-refractivity contribution < 1.29 is 0 Å². The van der Waals surface area contributed by atoms with Gasteiger partial charge in [-0.2, -0.15) is 0 Å². The van der Waals surface area contributed by atoms with Crippen molar-refractivity contribution in [2.75, 3.05) is 11.4 Å². The zero-order valence-corrected chi connectivity index (χ0v) is 11.8. The van der Waals surface area contributed by atoms with E-state index in [0.717, 1.165) is 22.7 Å². The molecule has 19 heavy (non-hydrogen) atoms. The summed E-state index contributed by atoms with van der Waals surface area (Å²) in [7, 11) is 0. The summed E-state index contributed by atoms with van der Waals surface area (Å²) in [5.74, 6) is 2.70. The monoisotopic (exact) mass is 267 g/mol. The highest BCUT2D eigenvalue weighted by Gasteiger charge is 2.10. The van der Waals surface area contributed by atoms with Crippen LogP contribution in [0.4, 0.5) is 5.69 Å². The summed E-state index contributed by atoms with van der Waals surface area (Å²) in [4.78, 5) is 3.03. The normalized spacial score (nSPS) is 26.8. The Bertz CT molecular complexity index is 561. The van der Waals surface area contributed by atoms with Crippen LogP contribution in [0.25, 0.3) is 0 Å². The van der Waals surface area contributed by atoms with Crippen LogP contribution in [0.5, 0.6) is 0 Å². The van der Waals surface area contributed by atoms with E-state index in [1.54, 1.807) is 0 Å². The van der Waals surface area contributed by atoms with Gasteiger partial charge in [-0.15, -0.1) is 19.1 Å². The molecule has 0 N–H and O–H groups in total. The second kappa shape index (κ2) is 6.36. The van der Waals surface area contributed by atoms with Crippen LogP contribution in [0.3, 0.4) is 0 Å². The molecule has 2 rings (SSSR count). The van der Waals surface area contributed by atoms with E-state index in [2.05, 4.69) is 60.7 Å². The zero-order valence-electron chi connectivity index (χ0n) is 11.0. The van der Waals surface area contributed by atoms with Crippen molar-refractivity contribution in [3.8, 4) is 12.3 Å². The third-order valence-corrected chi connectivity index (χ3v) is 3.38. The van der Waals surface area contributed by atoms with E-state index in [0.29, 0.717) is 0 Å². The summed E-state index contributed by atoms with van der Waals surface area (Å²) < 4.78 is 0. The van der Waals surface area contributed by atoms with Crippen LogP contribution in [0.2, 0.25) is 0 Å². The van der Waals surface area contributed by atoms with Gasteiger partial charge in [0.2, 0.25) is 0 Å². The first kappa shape index (κ1) is 13.6. The highest BCUT2D eigenvalue weighted by atomic mass is 32.1. The molecule has 0 aliphatic carbocycles. The van der Waals surface area contributed by atoms with Crippen LogP contribution in [0, 0.1) is 18.3 Å². The molecule has 1 aromatic rings. The standard InChI is InChI=1S/C17H17NS/c1-3-15-12-14(2)8-7-11-18(13-17(15)19)16-9-5-4-6-10-16/h1,4-10,12-13,15,19H,11H2,2H3/b8-7-,14-12-,17-13+. The molecule has 1 heterocycles. The first-order chi connectivity index (χ1) is 9.20. The molecule has 96 valence electrons. The van der Waals surface area contributed by atoms with Crippen molar-refractivity contribution in [2.24, 2.45) is 5.92 Å². The van der Waals surface area contributed by atoms with E-state index in [1.165, 1.54) is 0 Å². The number of allylic oxidation sites excluding steroid dienone is 4. The Hall–Kier alpha value is -1.85. The summed E-state index contributed by atoms with van der Waals surface area (Å²) in [6.45, 7) is 2.86. The minimum absolute atomic E-state index is 0.0719. The SMILES string of the molecule is C#CC1/C=C(C)\C=C/CN(c2ccccc2)/C=C\1S. The molecular formula is C17H17NS. The molecule has 1 nitrogen and oxygen atoms in total. The zero-order chi connectivity index (χ0) is 13.7. The van der Waals surface area contributed by atoms with Crippen LogP contribution in [0.15, 0.2) is 65.2 Å². The molecular weight excluding hydrogens is 250 g/mol. The Balaban J connectivity index is 2.38. The van der Waals surface area contributed by atoms with Gasteiger partial charge in [-0.3, -0.25) is 0 Å². The molecule has 1 aliphatic rings. The van der Waals surface area contributed by atoms with E-state index in [1.807, 2.05) is 24.4 Å². The summed E-state index contributed by atoms with van der Waals surface area (Å²) in [5.41, 5.74) is 2.30. The Kier molecular flexibility index (Phi) is 4.54. The molecule has 0 saturated heterocycles. The molecule has 1 unspecified atom stereocenters. The molecule has 0 radical (unpaired) electrons. The van der Waals surface area contributed by atoms with E-state index in [-0.39, 0.29) is 5.92 Å². The quantitative estimate of drug-likeness (QED) is 0.594. The fourth-order valence-electron chi connectivity index (χ4n) is 1.98. The lowest BCUT2D eigenvalue weighted by Gasteiger charge is -2.20. The van der Waals surface area contributed by atoms with Crippen molar-refractivity contribution in [3.05, 3.63) is 65.2 Å². The van der Waals surface area contributed by atoms with Gasteiger partial charge in [0.05, 0.1) is 5.92 Å². The lowest BCUT2D eigenvalue weighted by atomic mass is 10.1. The largest absolute Gasteiger partial charge is 0.343 e. The third kappa shape index (κ3) is 3.56. The summed E-state index contributed by atoms with van der Waals surface area (Å²) >= 11 is 4.56. The average Bonchev–Trinajstić information content (AvgIpc) is 2.50. The maximum absolute atomic E-state index is 5.58. The van der Waals surface area contributed by atoms with Crippen molar-refractivity contribution >= 4 is 18.3 Å². The van der Waals surface area contributed by atoms with E-state index in [9.17, 15) is 0 Å².